The summed E-state index contributed by atoms with van der Waals surface area (Å²) in [7, 11) is 0. The maximum atomic E-state index is 12.3. The predicted octanol–water partition coefficient (Wildman–Crippen LogP) is 3.73. The van der Waals surface area contributed by atoms with Crippen LogP contribution in [0.3, 0.4) is 0 Å². The van der Waals surface area contributed by atoms with Gasteiger partial charge in [-0.05, 0) is 85.8 Å². The van der Waals surface area contributed by atoms with Crippen molar-refractivity contribution in [1.82, 2.24) is 5.32 Å². The standard InChI is InChI=1S/C13H14I3NO3/c1-3-6(2)11(13(19)20)17-12(18)8-4-7(14)5-9(15)10(8)16/h4-6,11H,3H2,1-2H3,(H,17,18)(H,19,20)/t6?,11-/m0/s1. The number of carboxylic acids is 1. The Labute approximate surface area is 158 Å². The normalized spacial score (nSPS) is 13.7. The minimum atomic E-state index is -0.997. The van der Waals surface area contributed by atoms with Crippen LogP contribution in [0.1, 0.15) is 30.6 Å². The molecule has 0 spiro atoms. The molecule has 0 aliphatic heterocycles. The van der Waals surface area contributed by atoms with Crippen molar-refractivity contribution < 1.29 is 14.7 Å². The fourth-order valence-corrected chi connectivity index (χ4v) is 4.02. The van der Waals surface area contributed by atoms with Gasteiger partial charge in [-0.25, -0.2) is 4.79 Å². The van der Waals surface area contributed by atoms with Crippen LogP contribution < -0.4 is 5.32 Å². The average molecular weight is 613 g/mol. The van der Waals surface area contributed by atoms with Crippen LogP contribution in [0.15, 0.2) is 12.1 Å². The summed E-state index contributed by atoms with van der Waals surface area (Å²) in [6, 6.07) is 2.89. The molecule has 110 valence electrons. The first-order valence-corrected chi connectivity index (χ1v) is 9.19. The Hall–Kier alpha value is 0.350. The number of halogens is 3. The van der Waals surface area contributed by atoms with Crippen molar-refractivity contribution in [3.63, 3.8) is 0 Å². The Kier molecular flexibility index (Phi) is 7.46. The number of hydrogen-bond donors (Lipinski definition) is 2. The third-order valence-corrected chi connectivity index (χ3v) is 6.67. The molecule has 0 heterocycles. The van der Waals surface area contributed by atoms with Gasteiger partial charge >= 0.3 is 5.97 Å². The van der Waals surface area contributed by atoms with Crippen LogP contribution in [0, 0.1) is 16.6 Å². The van der Waals surface area contributed by atoms with Crippen molar-refractivity contribution in [3.05, 3.63) is 28.4 Å². The lowest BCUT2D eigenvalue weighted by molar-refractivity contribution is -0.140. The first kappa shape index (κ1) is 18.4. The highest BCUT2D eigenvalue weighted by molar-refractivity contribution is 14.1. The molecule has 2 N–H and O–H groups in total. The molecule has 0 aliphatic rings. The number of nitrogens with one attached hydrogen (secondary N) is 1. The molecule has 0 bridgehead atoms. The van der Waals surface area contributed by atoms with Crippen LogP contribution in [-0.2, 0) is 4.79 Å². The van der Waals surface area contributed by atoms with Crippen LogP contribution in [-0.4, -0.2) is 23.0 Å². The molecular weight excluding hydrogens is 599 g/mol. The van der Waals surface area contributed by atoms with E-state index in [0.717, 1.165) is 10.7 Å². The van der Waals surface area contributed by atoms with E-state index in [2.05, 4.69) is 73.1 Å². The molecule has 7 heteroatoms. The first-order valence-electron chi connectivity index (χ1n) is 5.96. The number of benzene rings is 1. The van der Waals surface area contributed by atoms with Crippen molar-refractivity contribution in [2.24, 2.45) is 5.92 Å². The zero-order chi connectivity index (χ0) is 15.4. The second-order valence-corrected chi connectivity index (χ2v) is 7.91. The SMILES string of the molecule is CCC(C)[C@H](NC(=O)c1cc(I)cc(I)c1I)C(=O)O. The molecule has 0 aromatic heterocycles. The van der Waals surface area contributed by atoms with Crippen LogP contribution in [0.4, 0.5) is 0 Å². The van der Waals surface area contributed by atoms with Crippen molar-refractivity contribution in [2.75, 3.05) is 0 Å². The van der Waals surface area contributed by atoms with Gasteiger partial charge < -0.3 is 10.4 Å². The van der Waals surface area contributed by atoms with Gasteiger partial charge in [0.15, 0.2) is 0 Å². The lowest BCUT2D eigenvalue weighted by Gasteiger charge is -2.20. The number of aliphatic carboxylic acids is 1. The Balaban J connectivity index is 3.04. The minimum Gasteiger partial charge on any atom is -0.480 e. The number of rotatable bonds is 5. The Morgan fingerprint density at radius 1 is 1.30 bits per heavy atom. The summed E-state index contributed by atoms with van der Waals surface area (Å²) in [6.07, 6.45) is 0.693. The van der Waals surface area contributed by atoms with Gasteiger partial charge in [-0.15, -0.1) is 0 Å². The van der Waals surface area contributed by atoms with Gasteiger partial charge in [-0.3, -0.25) is 4.79 Å². The van der Waals surface area contributed by atoms with Crippen molar-refractivity contribution >= 4 is 79.6 Å². The van der Waals surface area contributed by atoms with Crippen molar-refractivity contribution in [2.45, 2.75) is 26.3 Å². The number of carbonyl (C=O) groups excluding carboxylic acids is 1. The molecule has 4 nitrogen and oxygen atoms in total. The maximum Gasteiger partial charge on any atom is 0.326 e. The molecule has 2 atom stereocenters. The third kappa shape index (κ3) is 4.68. The van der Waals surface area contributed by atoms with Crippen molar-refractivity contribution in [3.8, 4) is 0 Å². The molecule has 0 aliphatic carbocycles. The van der Waals surface area contributed by atoms with Gasteiger partial charge in [0.25, 0.3) is 5.91 Å². The highest BCUT2D eigenvalue weighted by atomic mass is 127. The number of hydrogen-bond acceptors (Lipinski definition) is 2. The fraction of sp³-hybridized carbons (Fsp3) is 0.385. The van der Waals surface area contributed by atoms with E-state index in [-0.39, 0.29) is 11.8 Å². The topological polar surface area (TPSA) is 66.4 Å². The summed E-state index contributed by atoms with van der Waals surface area (Å²) < 4.78 is 2.78. The minimum absolute atomic E-state index is 0.115. The molecule has 0 fully saturated rings. The van der Waals surface area contributed by atoms with E-state index in [0.29, 0.717) is 12.0 Å². The summed E-state index contributed by atoms with van der Waals surface area (Å²) in [6.45, 7) is 3.73. The largest absolute Gasteiger partial charge is 0.480 e. The number of carboxylic acid groups (broad SMARTS) is 1. The number of carbonyl (C=O) groups is 2. The van der Waals surface area contributed by atoms with Gasteiger partial charge in [0.05, 0.1) is 5.56 Å². The van der Waals surface area contributed by atoms with Gasteiger partial charge in [-0.2, -0.15) is 0 Å². The van der Waals surface area contributed by atoms with Crippen LogP contribution in [0.5, 0.6) is 0 Å². The second-order valence-electron chi connectivity index (χ2n) is 4.42. The Morgan fingerprint density at radius 2 is 1.90 bits per heavy atom. The van der Waals surface area contributed by atoms with E-state index < -0.39 is 12.0 Å². The summed E-state index contributed by atoms with van der Waals surface area (Å²) in [5, 5.41) is 11.9. The van der Waals surface area contributed by atoms with Crippen molar-refractivity contribution in [1.29, 1.82) is 0 Å². The van der Waals surface area contributed by atoms with E-state index in [1.165, 1.54) is 0 Å². The highest BCUT2D eigenvalue weighted by Crippen LogP contribution is 2.23. The smallest absolute Gasteiger partial charge is 0.326 e. The molecule has 0 saturated heterocycles. The monoisotopic (exact) mass is 613 g/mol. The van der Waals surface area contributed by atoms with Crippen LogP contribution in [0.25, 0.3) is 0 Å². The predicted molar refractivity (Wildman–Crippen MR) is 103 cm³/mol. The zero-order valence-corrected chi connectivity index (χ0v) is 17.4. The van der Waals surface area contributed by atoms with Crippen LogP contribution >= 0.6 is 67.8 Å². The van der Waals surface area contributed by atoms with Crippen LogP contribution in [0.2, 0.25) is 0 Å². The fourth-order valence-electron chi connectivity index (χ4n) is 1.62. The second kappa shape index (κ2) is 8.11. The molecule has 1 unspecified atom stereocenters. The molecule has 0 radical (unpaired) electrons. The average Bonchev–Trinajstić information content (AvgIpc) is 2.38. The van der Waals surface area contributed by atoms with E-state index in [1.807, 2.05) is 19.9 Å². The molecular formula is C13H14I3NO3. The molecule has 20 heavy (non-hydrogen) atoms. The van der Waals surface area contributed by atoms with E-state index >= 15 is 0 Å². The zero-order valence-electron chi connectivity index (χ0n) is 10.9. The molecule has 1 amide bonds. The summed E-state index contributed by atoms with van der Waals surface area (Å²) in [5.74, 6) is -1.45. The maximum absolute atomic E-state index is 12.3. The van der Waals surface area contributed by atoms with E-state index in [1.54, 1.807) is 6.07 Å². The van der Waals surface area contributed by atoms with Gasteiger partial charge in [0, 0.05) is 10.7 Å². The van der Waals surface area contributed by atoms with Gasteiger partial charge in [0.2, 0.25) is 0 Å². The van der Waals surface area contributed by atoms with E-state index in [9.17, 15) is 14.7 Å². The molecule has 0 saturated carbocycles. The third-order valence-electron chi connectivity index (χ3n) is 3.00. The lowest BCUT2D eigenvalue weighted by atomic mass is 9.99. The van der Waals surface area contributed by atoms with E-state index in [4.69, 9.17) is 0 Å². The molecule has 1 rings (SSSR count). The lowest BCUT2D eigenvalue weighted by Crippen LogP contribution is -2.45. The van der Waals surface area contributed by atoms with Gasteiger partial charge in [-0.1, -0.05) is 20.3 Å². The summed E-state index contributed by atoms with van der Waals surface area (Å²) in [5.41, 5.74) is 0.524. The Bertz CT molecular complexity index is 534. The quantitative estimate of drug-likeness (QED) is 0.394. The molecule has 1 aromatic carbocycles. The Morgan fingerprint density at radius 3 is 2.40 bits per heavy atom. The summed E-state index contributed by atoms with van der Waals surface area (Å²) in [4.78, 5) is 23.6. The van der Waals surface area contributed by atoms with Gasteiger partial charge in [0.1, 0.15) is 6.04 Å². The highest BCUT2D eigenvalue weighted by Gasteiger charge is 2.26. The first-order chi connectivity index (χ1) is 9.27. The molecule has 1 aromatic rings. The summed E-state index contributed by atoms with van der Waals surface area (Å²) >= 11 is 6.42. The number of amides is 1.